The predicted molar refractivity (Wildman–Crippen MR) is 197 cm³/mol. The molecule has 0 saturated heterocycles. The molecule has 5 aromatic rings. The standard InChI is InChI=1S/C36H29ClF7N9O4S/c1-52-30-18(6-7-22(37)28(30)34(50-52)51-58(2,56)57)20-12-24-33(45-13-25(54)47-24)48-29(20)23(10-15-8-16(38)11-17(39)9-15)46-26(55)14-53-32-27(31(49-53)36(42,43)44)19-4-3-5-21(19)35(32,40)41/h3-4,6-9,11-12,19,21,23H,5,10,13-14H2,1-2H3,(H,45,48)(H,46,55)(H,47,54)(H,50,51)/t19-,21+,23-/m0/s1. The predicted octanol–water partition coefficient (Wildman–Crippen LogP) is 6.38. The van der Waals surface area contributed by atoms with Gasteiger partial charge >= 0.3 is 6.18 Å². The molecule has 4 N–H and O–H groups in total. The van der Waals surface area contributed by atoms with Crippen molar-refractivity contribution in [2.75, 3.05) is 28.2 Å². The second kappa shape index (κ2) is 13.7. The molecule has 3 aliphatic rings. The molecule has 0 saturated carbocycles. The first-order valence-corrected chi connectivity index (χ1v) is 19.7. The van der Waals surface area contributed by atoms with Crippen molar-refractivity contribution in [1.82, 2.24) is 29.9 Å². The summed E-state index contributed by atoms with van der Waals surface area (Å²) in [7, 11) is -2.39. The lowest BCUT2D eigenvalue weighted by Gasteiger charge is -2.26. The third kappa shape index (κ3) is 6.88. The van der Waals surface area contributed by atoms with E-state index < -0.39 is 93.4 Å². The molecule has 1 aliphatic heterocycles. The molecule has 58 heavy (non-hydrogen) atoms. The topological polar surface area (TPSA) is 165 Å². The van der Waals surface area contributed by atoms with Crippen molar-refractivity contribution in [3.05, 3.63) is 93.4 Å². The van der Waals surface area contributed by atoms with Crippen molar-refractivity contribution in [2.45, 2.75) is 43.4 Å². The summed E-state index contributed by atoms with van der Waals surface area (Å²) in [6.07, 6.45) is -2.18. The van der Waals surface area contributed by atoms with Crippen molar-refractivity contribution >= 4 is 61.7 Å². The van der Waals surface area contributed by atoms with E-state index in [1.165, 1.54) is 42.1 Å². The Morgan fingerprint density at radius 2 is 1.83 bits per heavy atom. The van der Waals surface area contributed by atoms with Crippen LogP contribution in [0.3, 0.4) is 0 Å². The molecule has 4 heterocycles. The third-order valence-corrected chi connectivity index (χ3v) is 11.0. The molecule has 304 valence electrons. The number of benzene rings is 2. The Kier molecular flexibility index (Phi) is 9.25. The van der Waals surface area contributed by atoms with E-state index in [4.69, 9.17) is 16.6 Å². The zero-order valence-electron chi connectivity index (χ0n) is 30.0. The first kappa shape index (κ1) is 39.1. The molecule has 0 bridgehead atoms. The summed E-state index contributed by atoms with van der Waals surface area (Å²) in [4.78, 5) is 31.2. The van der Waals surface area contributed by atoms with Crippen LogP contribution in [0.25, 0.3) is 22.0 Å². The molecule has 2 aromatic carbocycles. The minimum Gasteiger partial charge on any atom is -0.359 e. The van der Waals surface area contributed by atoms with Crippen LogP contribution in [0.4, 0.5) is 48.1 Å². The van der Waals surface area contributed by atoms with Gasteiger partial charge in [-0.3, -0.25) is 23.7 Å². The van der Waals surface area contributed by atoms with Gasteiger partial charge in [0.2, 0.25) is 21.8 Å². The number of pyridine rings is 1. The second-order valence-electron chi connectivity index (χ2n) is 14.2. The normalized spacial score (nSPS) is 18.7. The number of rotatable bonds is 9. The number of anilines is 3. The van der Waals surface area contributed by atoms with E-state index in [9.17, 15) is 40.0 Å². The summed E-state index contributed by atoms with van der Waals surface area (Å²) < 4.78 is 132. The molecule has 0 spiro atoms. The van der Waals surface area contributed by atoms with Crippen molar-refractivity contribution in [3.8, 4) is 11.1 Å². The summed E-state index contributed by atoms with van der Waals surface area (Å²) in [5.74, 6) is -10.1. The smallest absolute Gasteiger partial charge is 0.359 e. The molecule has 0 unspecified atom stereocenters. The molecule has 3 atom stereocenters. The number of carbonyl (C=O) groups is 2. The van der Waals surface area contributed by atoms with Crippen LogP contribution in [0.2, 0.25) is 5.02 Å². The highest BCUT2D eigenvalue weighted by Gasteiger charge is 2.60. The fraction of sp³-hybridized carbons (Fsp3) is 0.306. The Labute approximate surface area is 328 Å². The van der Waals surface area contributed by atoms with Gasteiger partial charge in [0.1, 0.15) is 23.9 Å². The average molecular weight is 852 g/mol. The highest BCUT2D eigenvalue weighted by Crippen LogP contribution is 2.59. The molecule has 2 aliphatic carbocycles. The monoisotopic (exact) mass is 851 g/mol. The summed E-state index contributed by atoms with van der Waals surface area (Å²) >= 11 is 6.57. The van der Waals surface area contributed by atoms with Crippen LogP contribution < -0.4 is 20.7 Å². The quantitative estimate of drug-likeness (QED) is 0.0981. The number of fused-ring (bicyclic) bond motifs is 5. The Hall–Kier alpha value is -5.70. The van der Waals surface area contributed by atoms with E-state index in [0.29, 0.717) is 10.7 Å². The zero-order chi connectivity index (χ0) is 41.6. The maximum Gasteiger partial charge on any atom is 0.435 e. The average Bonchev–Trinajstić information content (AvgIpc) is 3.86. The van der Waals surface area contributed by atoms with E-state index in [1.807, 2.05) is 0 Å². The zero-order valence-corrected chi connectivity index (χ0v) is 31.6. The number of nitrogens with one attached hydrogen (secondary N) is 4. The Morgan fingerprint density at radius 1 is 1.10 bits per heavy atom. The Morgan fingerprint density at radius 3 is 2.52 bits per heavy atom. The molecule has 0 fully saturated rings. The third-order valence-electron chi connectivity index (χ3n) is 10.1. The van der Waals surface area contributed by atoms with Crippen molar-refractivity contribution in [1.29, 1.82) is 0 Å². The fourth-order valence-corrected chi connectivity index (χ4v) is 8.70. The van der Waals surface area contributed by atoms with Gasteiger partial charge in [0.05, 0.1) is 46.1 Å². The Bertz CT molecular complexity index is 2700. The number of carbonyl (C=O) groups excluding carboxylic acids is 2. The highest BCUT2D eigenvalue weighted by atomic mass is 35.5. The first-order valence-electron chi connectivity index (χ1n) is 17.4. The van der Waals surface area contributed by atoms with Gasteiger partial charge in [-0.05, 0) is 42.7 Å². The molecule has 3 aromatic heterocycles. The number of hydrogen-bond donors (Lipinski definition) is 4. The van der Waals surface area contributed by atoms with E-state index in [1.54, 1.807) is 0 Å². The number of sulfonamides is 1. The number of aromatic nitrogens is 5. The van der Waals surface area contributed by atoms with Gasteiger partial charge in [-0.1, -0.05) is 29.8 Å². The first-order chi connectivity index (χ1) is 27.2. The minimum atomic E-state index is -5.13. The van der Waals surface area contributed by atoms with E-state index in [0.717, 1.165) is 18.4 Å². The van der Waals surface area contributed by atoms with Crippen molar-refractivity contribution in [2.24, 2.45) is 13.0 Å². The molecular formula is C36H29ClF7N9O4S. The van der Waals surface area contributed by atoms with Gasteiger partial charge in [-0.2, -0.15) is 32.1 Å². The number of aryl methyl sites for hydroxylation is 1. The van der Waals surface area contributed by atoms with Crippen LogP contribution in [0, 0.1) is 17.6 Å². The number of hydrogen-bond acceptors (Lipinski definition) is 8. The van der Waals surface area contributed by atoms with Crippen LogP contribution in [-0.2, 0) is 51.7 Å². The van der Waals surface area contributed by atoms with Gasteiger partial charge in [-0.25, -0.2) is 22.2 Å². The maximum atomic E-state index is 15.8. The van der Waals surface area contributed by atoms with Gasteiger partial charge in [0, 0.05) is 41.6 Å². The fourth-order valence-electron chi connectivity index (χ4n) is 7.96. The second-order valence-corrected chi connectivity index (χ2v) is 16.3. The number of halogens is 8. The van der Waals surface area contributed by atoms with Gasteiger partial charge in [-0.15, -0.1) is 0 Å². The van der Waals surface area contributed by atoms with Crippen LogP contribution >= 0.6 is 11.6 Å². The molecule has 22 heteroatoms. The molecule has 0 radical (unpaired) electrons. The molecule has 13 nitrogen and oxygen atoms in total. The van der Waals surface area contributed by atoms with E-state index >= 15 is 8.78 Å². The minimum absolute atomic E-state index is 0.0126. The number of amides is 2. The number of allylic oxidation sites excluding steroid dienone is 2. The van der Waals surface area contributed by atoms with Crippen LogP contribution in [0.15, 0.2) is 48.6 Å². The van der Waals surface area contributed by atoms with Crippen molar-refractivity contribution in [3.63, 3.8) is 0 Å². The van der Waals surface area contributed by atoms with E-state index in [-0.39, 0.29) is 68.6 Å². The molecule has 2 amide bonds. The lowest BCUT2D eigenvalue weighted by atomic mass is 9.93. The van der Waals surface area contributed by atoms with Crippen LogP contribution in [-0.4, -0.2) is 57.6 Å². The number of nitrogens with zero attached hydrogens (tertiary/aromatic N) is 5. The summed E-state index contributed by atoms with van der Waals surface area (Å²) in [6.45, 7) is -1.34. The molecule has 8 rings (SSSR count). The summed E-state index contributed by atoms with van der Waals surface area (Å²) in [6, 6.07) is 5.57. The maximum absolute atomic E-state index is 15.8. The SMILES string of the molecule is Cn1nc(NS(C)(=O)=O)c2c(Cl)ccc(-c3cc4c(nc3[C@H](Cc3cc(F)cc(F)c3)NC(=O)Cn3nc(C(F)(F)F)c5c3C(F)(F)[C@@H]3CC=C[C@H]53)NCC(=O)N4)c21. The number of alkyl halides is 5. The van der Waals surface area contributed by atoms with Crippen molar-refractivity contribution < 1.29 is 48.7 Å². The molecular weight excluding hydrogens is 823 g/mol. The lowest BCUT2D eigenvalue weighted by Crippen LogP contribution is -2.36. The van der Waals surface area contributed by atoms with Gasteiger partial charge in [0.25, 0.3) is 5.92 Å². The van der Waals surface area contributed by atoms with E-state index in [2.05, 4.69) is 30.9 Å². The van der Waals surface area contributed by atoms with Gasteiger partial charge in [0.15, 0.2) is 17.3 Å². The summed E-state index contributed by atoms with van der Waals surface area (Å²) in [5, 5.41) is 16.1. The van der Waals surface area contributed by atoms with Crippen LogP contribution in [0.5, 0.6) is 0 Å². The highest BCUT2D eigenvalue weighted by molar-refractivity contribution is 7.92. The Balaban J connectivity index is 1.28. The lowest BCUT2D eigenvalue weighted by molar-refractivity contribution is -0.142. The largest absolute Gasteiger partial charge is 0.435 e. The van der Waals surface area contributed by atoms with Gasteiger partial charge < -0.3 is 16.0 Å². The van der Waals surface area contributed by atoms with Crippen LogP contribution in [0.1, 0.15) is 46.6 Å². The summed E-state index contributed by atoms with van der Waals surface area (Å²) in [5.41, 5.74) is -2.55.